The molecule has 0 radical (unpaired) electrons. The first-order valence-corrected chi connectivity index (χ1v) is 45.1. The second-order valence-corrected chi connectivity index (χ2v) is 39.4. The lowest BCUT2D eigenvalue weighted by Gasteiger charge is -2.40. The number of ketones is 5. The Morgan fingerprint density at radius 2 is 0.974 bits per heavy atom. The van der Waals surface area contributed by atoms with Crippen molar-refractivity contribution in [1.29, 1.82) is 0 Å². The predicted octanol–water partition coefficient (Wildman–Crippen LogP) is 11.9. The van der Waals surface area contributed by atoms with E-state index in [1.165, 1.54) is 95.7 Å². The lowest BCUT2D eigenvalue weighted by molar-refractivity contribution is -0.154. The quantitative estimate of drug-likeness (QED) is 0.0318. The molecule has 3 aromatic rings. The van der Waals surface area contributed by atoms with Crippen molar-refractivity contribution in [3.05, 3.63) is 103 Å². The Hall–Kier alpha value is -8.10. The van der Waals surface area contributed by atoms with Gasteiger partial charge in [-0.3, -0.25) is 62.3 Å². The number of allylic oxidation sites excluding steroid dienone is 1. The van der Waals surface area contributed by atoms with Crippen LogP contribution in [0.2, 0.25) is 0 Å². The van der Waals surface area contributed by atoms with Gasteiger partial charge >= 0.3 is 0 Å². The van der Waals surface area contributed by atoms with E-state index in [0.717, 1.165) is 36.7 Å². The van der Waals surface area contributed by atoms with Gasteiger partial charge in [0.2, 0.25) is 47.3 Å². The molecule has 1 fully saturated rings. The first-order chi connectivity index (χ1) is 55.0. The summed E-state index contributed by atoms with van der Waals surface area (Å²) < 4.78 is 0. The molecule has 117 heavy (non-hydrogen) atoms. The molecule has 1 heterocycles. The Labute approximate surface area is 701 Å². The number of Topliss-reactive ketones (excluding diaryl/α,β-unsaturated/α-hetero) is 5. The third-order valence-electron chi connectivity index (χ3n) is 23.7. The van der Waals surface area contributed by atoms with Crippen molar-refractivity contribution in [3.63, 3.8) is 0 Å². The van der Waals surface area contributed by atoms with Crippen molar-refractivity contribution in [2.75, 3.05) is 61.5 Å². The highest BCUT2D eigenvalue weighted by molar-refractivity contribution is 7.95. The minimum Gasteiger partial charge on any atom is -0.390 e. The highest BCUT2D eigenvalue weighted by Gasteiger charge is 2.48. The van der Waals surface area contributed by atoms with Gasteiger partial charge in [0.1, 0.15) is 47.1 Å². The van der Waals surface area contributed by atoms with Gasteiger partial charge in [-0.1, -0.05) is 191 Å². The third kappa shape index (κ3) is 29.4. The van der Waals surface area contributed by atoms with Gasteiger partial charge in [-0.25, -0.2) is 0 Å². The fraction of sp³-hybridized carbons (Fsp3) is 0.649. The Kier molecular flexibility index (Phi) is 42.3. The number of hydrogen-bond donors (Lipinski definition) is 3. The summed E-state index contributed by atoms with van der Waals surface area (Å²) in [5.74, 6) is -13.7. The predicted molar refractivity (Wildman–Crippen MR) is 468 cm³/mol. The standard InChI is InChI=1S/C94H145N8O14P/c1-24-70-57-82(106)86(87(109)66(14)40-39-48-83(107)95-50-38-27-25-26-31-41-71(103)49-51-117(72-42-32-28-33-43-72,73-44-34-29-35-45-73)74-46-36-30-37-47-74)102(23)94(116)85(65(12)13)68(16)88(110)78(54-62(6)7)100(21)93(115)79(55-63(8)9)101(22)90(112)69(17)96-89(111)67(15)56-80(104)77(53-61(4)5)99(20)92(114)75(64(10)11)58-81(105)76(52-60(2)3)98(19)84(108)59-97(18)91(70)113/h28-30,32-37,39,42-48,60-70,75-79,85-87,109H,24-27,31,38,40-41,49-59H2,1-23H3,(H-,95,96,107,111)/p+1/b48-39+/t66-,67-,68?,69-,70-,75+,76+,77+,78+,79+,85-,86-,87-/m1/s1. The fourth-order valence-electron chi connectivity index (χ4n) is 16.5. The van der Waals surface area contributed by atoms with Crippen LogP contribution < -0.4 is 26.5 Å². The number of likely N-dealkylation sites (N-methyl/N-ethyl adjacent to an activating group) is 6. The zero-order chi connectivity index (χ0) is 88.0. The molecule has 1 saturated heterocycles. The van der Waals surface area contributed by atoms with Crippen LogP contribution in [0.4, 0.5) is 0 Å². The van der Waals surface area contributed by atoms with E-state index in [4.69, 9.17) is 0 Å². The van der Waals surface area contributed by atoms with E-state index in [2.05, 4.69) is 83.4 Å². The maximum Gasteiger partial charge on any atom is 0.245 e. The summed E-state index contributed by atoms with van der Waals surface area (Å²) in [7, 11) is 6.63. The maximum absolute atomic E-state index is 15.6. The number of rotatable bonds is 30. The molecule has 22 nitrogen and oxygen atoms in total. The molecule has 0 aliphatic carbocycles. The topological polar surface area (TPSA) is 286 Å². The first-order valence-electron chi connectivity index (χ1n) is 43.2. The van der Waals surface area contributed by atoms with Crippen LogP contribution in [0.15, 0.2) is 103 Å². The smallest absolute Gasteiger partial charge is 0.245 e. The average molecular weight is 1640 g/mol. The monoisotopic (exact) mass is 1640 g/mol. The molecule has 1 aliphatic heterocycles. The van der Waals surface area contributed by atoms with Crippen LogP contribution in [-0.2, 0) is 62.3 Å². The number of nitrogens with one attached hydrogen (secondary N) is 2. The highest BCUT2D eigenvalue weighted by atomic mass is 31.2. The van der Waals surface area contributed by atoms with E-state index in [0.29, 0.717) is 25.8 Å². The van der Waals surface area contributed by atoms with Crippen molar-refractivity contribution in [1.82, 2.24) is 40.0 Å². The number of unbranched alkanes of at least 4 members (excludes halogenated alkanes) is 4. The number of nitrogens with zero attached hydrogens (tertiary/aromatic N) is 6. The van der Waals surface area contributed by atoms with Crippen molar-refractivity contribution >= 4 is 99.3 Å². The molecule has 13 atom stereocenters. The Morgan fingerprint density at radius 1 is 0.513 bits per heavy atom. The number of carbonyl (C=O) groups is 13. The van der Waals surface area contributed by atoms with Gasteiger partial charge < -0.3 is 45.1 Å². The Morgan fingerprint density at radius 3 is 1.47 bits per heavy atom. The molecule has 650 valence electrons. The molecule has 0 bridgehead atoms. The zero-order valence-corrected chi connectivity index (χ0v) is 76.0. The second kappa shape index (κ2) is 48.8. The van der Waals surface area contributed by atoms with Crippen LogP contribution >= 0.6 is 7.26 Å². The van der Waals surface area contributed by atoms with Crippen LogP contribution in [-0.4, -0.2) is 215 Å². The fourth-order valence-corrected chi connectivity index (χ4v) is 20.8. The van der Waals surface area contributed by atoms with Gasteiger partial charge in [-0.15, -0.1) is 0 Å². The maximum atomic E-state index is 15.6. The summed E-state index contributed by atoms with van der Waals surface area (Å²) >= 11 is 0. The van der Waals surface area contributed by atoms with E-state index < -0.39 is 174 Å². The summed E-state index contributed by atoms with van der Waals surface area (Å²) in [6.45, 7) is 30.2. The van der Waals surface area contributed by atoms with Crippen molar-refractivity contribution < 1.29 is 67.4 Å². The van der Waals surface area contributed by atoms with Gasteiger partial charge in [0.15, 0.2) is 23.1 Å². The summed E-state index contributed by atoms with van der Waals surface area (Å²) in [5.41, 5.74) is 0. The van der Waals surface area contributed by atoms with Crippen molar-refractivity contribution in [2.24, 2.45) is 71.0 Å². The lowest BCUT2D eigenvalue weighted by atomic mass is 9.77. The van der Waals surface area contributed by atoms with Crippen molar-refractivity contribution in [2.45, 2.75) is 263 Å². The van der Waals surface area contributed by atoms with E-state index in [1.807, 2.05) is 73.6 Å². The summed E-state index contributed by atoms with van der Waals surface area (Å²) in [5, 5.41) is 22.1. The average Bonchev–Trinajstić information content (AvgIpc) is 0.759. The molecular formula is C94H146N8O14P+. The highest BCUT2D eigenvalue weighted by Crippen LogP contribution is 2.56. The zero-order valence-electron chi connectivity index (χ0n) is 75.1. The molecular weight excluding hydrogens is 1500 g/mol. The summed E-state index contributed by atoms with van der Waals surface area (Å²) in [4.78, 5) is 199. The largest absolute Gasteiger partial charge is 0.390 e. The minimum absolute atomic E-state index is 0.0672. The number of carbonyl (C=O) groups excluding carboxylic acids is 13. The number of aliphatic hydroxyl groups excluding tert-OH is 1. The number of amides is 8. The lowest BCUT2D eigenvalue weighted by Crippen LogP contribution is -2.58. The Balaban J connectivity index is 1.67. The SMILES string of the molecule is CC[C@@H]1CC(=O)[C@H]([C@H](O)[C@H](C)C/C=C/C(=O)NCCCCCCCC(=O)CC[P+](c2ccccc2)(c2ccccc2)c2ccccc2)N(C)C(=O)[C@H](C(C)C)C(C)C(=O)[C@H](CC(C)C)N(C)C(=O)[C@H](CC(C)C)N(C)C(=O)[C@@H](C)NC(=O)[C@H](C)CC(=O)[C@H](CC(C)C)N(C)C(=O)[C@H](C(C)C)CC(=O)[C@H](CC(C)C)N(C)C(=O)CN(C)C1=O. The molecule has 1 unspecified atom stereocenters. The summed E-state index contributed by atoms with van der Waals surface area (Å²) in [6.07, 6.45) is 6.95. The van der Waals surface area contributed by atoms with Gasteiger partial charge in [0, 0.05) is 111 Å². The summed E-state index contributed by atoms with van der Waals surface area (Å²) in [6, 6.07) is 24.5. The molecule has 0 saturated carbocycles. The molecule has 23 heteroatoms. The molecule has 1 aliphatic rings. The Bertz CT molecular complexity index is 3680. The number of aliphatic hydroxyl groups is 1. The van der Waals surface area contributed by atoms with Gasteiger partial charge in [0.05, 0.1) is 36.9 Å². The molecule has 4 rings (SSSR count). The normalized spacial score (nSPS) is 23.6. The van der Waals surface area contributed by atoms with Gasteiger partial charge in [0.25, 0.3) is 0 Å². The van der Waals surface area contributed by atoms with Crippen molar-refractivity contribution in [3.8, 4) is 0 Å². The molecule has 3 aromatic carbocycles. The minimum atomic E-state index is -2.13. The number of hydrogen-bond acceptors (Lipinski definition) is 14. The second-order valence-electron chi connectivity index (χ2n) is 35.8. The van der Waals surface area contributed by atoms with Crippen LogP contribution in [0.5, 0.6) is 0 Å². The molecule has 0 spiro atoms. The van der Waals surface area contributed by atoms with Crippen LogP contribution in [0.1, 0.15) is 220 Å². The van der Waals surface area contributed by atoms with Crippen LogP contribution in [0.25, 0.3) is 0 Å². The molecule has 3 N–H and O–H groups in total. The van der Waals surface area contributed by atoms with E-state index in [-0.39, 0.29) is 86.7 Å². The third-order valence-corrected chi connectivity index (χ3v) is 28.2. The van der Waals surface area contributed by atoms with E-state index in [9.17, 15) is 48.3 Å². The van der Waals surface area contributed by atoms with E-state index >= 15 is 19.2 Å². The van der Waals surface area contributed by atoms with Gasteiger partial charge in [-0.2, -0.15) is 0 Å². The molecule has 8 amide bonds. The molecule has 0 aromatic heterocycles. The van der Waals surface area contributed by atoms with E-state index in [1.54, 1.807) is 61.5 Å². The number of benzene rings is 3. The first kappa shape index (κ1) is 101. The van der Waals surface area contributed by atoms with Gasteiger partial charge in [-0.05, 0) is 142 Å². The van der Waals surface area contributed by atoms with Crippen LogP contribution in [0, 0.1) is 71.0 Å². The van der Waals surface area contributed by atoms with Crippen LogP contribution in [0.3, 0.4) is 0 Å².